The van der Waals surface area contributed by atoms with E-state index in [4.69, 9.17) is 9.72 Å². The summed E-state index contributed by atoms with van der Waals surface area (Å²) in [7, 11) is 0. The number of morpholine rings is 1. The van der Waals surface area contributed by atoms with Crippen LogP contribution < -0.4 is 15.5 Å². The predicted octanol–water partition coefficient (Wildman–Crippen LogP) is 4.41. The first-order valence-corrected chi connectivity index (χ1v) is 12.6. The highest BCUT2D eigenvalue weighted by Crippen LogP contribution is 2.34. The van der Waals surface area contributed by atoms with Crippen LogP contribution in [0.15, 0.2) is 36.4 Å². The van der Waals surface area contributed by atoms with Gasteiger partial charge < -0.3 is 20.3 Å². The first-order chi connectivity index (χ1) is 16.3. The van der Waals surface area contributed by atoms with E-state index in [1.807, 2.05) is 27.7 Å². The van der Waals surface area contributed by atoms with Crippen LogP contribution in [0.25, 0.3) is 0 Å². The fourth-order valence-electron chi connectivity index (χ4n) is 4.78. The summed E-state index contributed by atoms with van der Waals surface area (Å²) in [6.07, 6.45) is 1.59. The molecule has 1 aromatic carbocycles. The van der Waals surface area contributed by atoms with Crippen LogP contribution in [0.5, 0.6) is 0 Å². The maximum atomic E-state index is 12.6. The first kappa shape index (κ1) is 22.8. The third kappa shape index (κ3) is 4.93. The number of ether oxygens (including phenoxy) is 1. The second-order valence-corrected chi connectivity index (χ2v) is 10.9. The van der Waals surface area contributed by atoms with Crippen LogP contribution in [-0.2, 0) is 17.6 Å². The van der Waals surface area contributed by atoms with Crippen LogP contribution >= 0.6 is 11.3 Å². The lowest BCUT2D eigenvalue weighted by Crippen LogP contribution is -2.48. The van der Waals surface area contributed by atoms with Gasteiger partial charge in [-0.2, -0.15) is 0 Å². The summed E-state index contributed by atoms with van der Waals surface area (Å²) in [6, 6.07) is 12.8. The van der Waals surface area contributed by atoms with Gasteiger partial charge in [-0.1, -0.05) is 23.5 Å². The van der Waals surface area contributed by atoms with Crippen LogP contribution in [0.3, 0.4) is 0 Å². The van der Waals surface area contributed by atoms with Gasteiger partial charge in [-0.05, 0) is 63.9 Å². The molecule has 8 heteroatoms. The molecule has 3 aromatic rings. The fourth-order valence-corrected chi connectivity index (χ4v) is 5.86. The minimum Gasteiger partial charge on any atom is -0.377 e. The third-order valence-electron chi connectivity index (χ3n) is 6.20. The van der Waals surface area contributed by atoms with Gasteiger partial charge in [-0.25, -0.2) is 4.98 Å². The van der Waals surface area contributed by atoms with E-state index >= 15 is 0 Å². The molecule has 0 radical (unpaired) electrons. The van der Waals surface area contributed by atoms with Crippen molar-refractivity contribution in [3.05, 3.63) is 63.9 Å². The monoisotopic (exact) mass is 477 g/mol. The Kier molecular flexibility index (Phi) is 6.04. The lowest BCUT2D eigenvalue weighted by molar-refractivity contribution is 0.0900. The van der Waals surface area contributed by atoms with Gasteiger partial charge in [0.05, 0.1) is 24.9 Å². The number of nitrogens with one attached hydrogen (secondary N) is 2. The topological polar surface area (TPSA) is 79.4 Å². The number of pyridine rings is 1. The normalized spacial score (nSPS) is 19.5. The largest absolute Gasteiger partial charge is 0.377 e. The Morgan fingerprint density at radius 3 is 2.76 bits per heavy atom. The summed E-state index contributed by atoms with van der Waals surface area (Å²) in [6.45, 7) is 10.2. The summed E-state index contributed by atoms with van der Waals surface area (Å²) in [5, 5.41) is 7.52. The quantitative estimate of drug-likeness (QED) is 0.567. The molecule has 0 spiro atoms. The van der Waals surface area contributed by atoms with Gasteiger partial charge in [-0.3, -0.25) is 9.78 Å². The molecule has 1 saturated heterocycles. The van der Waals surface area contributed by atoms with Crippen LogP contribution in [0.4, 0.5) is 16.5 Å². The zero-order valence-electron chi connectivity index (χ0n) is 20.1. The summed E-state index contributed by atoms with van der Waals surface area (Å²) in [5.41, 5.74) is 5.96. The van der Waals surface area contributed by atoms with Crippen LogP contribution in [-0.4, -0.2) is 47.2 Å². The molecule has 2 aromatic heterocycles. The molecule has 0 bridgehead atoms. The molecule has 7 nitrogen and oxygen atoms in total. The zero-order valence-corrected chi connectivity index (χ0v) is 21.0. The predicted molar refractivity (Wildman–Crippen MR) is 136 cm³/mol. The van der Waals surface area contributed by atoms with E-state index in [-0.39, 0.29) is 17.5 Å². The smallest absolute Gasteiger partial charge is 0.263 e. The highest BCUT2D eigenvalue weighted by atomic mass is 32.1. The SMILES string of the molecule is Cc1cc(Nc2cccc(C[C@H]3COCCN3c3nc4c(s3)C(=O)NC(C)(C)C4)c2)cc(C)n1. The van der Waals surface area contributed by atoms with Gasteiger partial charge in [0.1, 0.15) is 4.88 Å². The number of fused-ring (bicyclic) bond motifs is 1. The van der Waals surface area contributed by atoms with E-state index in [9.17, 15) is 4.79 Å². The van der Waals surface area contributed by atoms with Gasteiger partial charge >= 0.3 is 0 Å². The Bertz CT molecular complexity index is 1200. The number of hydrogen-bond acceptors (Lipinski definition) is 7. The zero-order chi connectivity index (χ0) is 23.9. The number of carbonyl (C=O) groups excluding carboxylic acids is 1. The van der Waals surface area contributed by atoms with Crippen molar-refractivity contribution in [2.24, 2.45) is 0 Å². The standard InChI is InChI=1S/C26H31N5O2S/c1-16-10-20(11-17(2)27-16)28-19-7-5-6-18(12-19)13-21-15-33-9-8-31(21)25-29-22-14-26(3,4)30-24(32)23(22)34-25/h5-7,10-12,21H,8-9,13-15H2,1-4H3,(H,27,28)(H,30,32)/t21-/m0/s1. The number of aryl methyl sites for hydroxylation is 2. The molecule has 2 aliphatic rings. The van der Waals surface area contributed by atoms with Crippen molar-refractivity contribution in [1.82, 2.24) is 15.3 Å². The highest BCUT2D eigenvalue weighted by Gasteiger charge is 2.35. The average Bonchev–Trinajstić information content (AvgIpc) is 3.17. The number of nitrogens with zero attached hydrogens (tertiary/aromatic N) is 3. The fraction of sp³-hybridized carbons (Fsp3) is 0.423. The van der Waals surface area contributed by atoms with Gasteiger partial charge in [0.15, 0.2) is 5.13 Å². The van der Waals surface area contributed by atoms with Gasteiger partial charge in [0, 0.05) is 41.3 Å². The Morgan fingerprint density at radius 1 is 1.18 bits per heavy atom. The molecule has 4 heterocycles. The molecule has 0 unspecified atom stereocenters. The Balaban J connectivity index is 1.35. The highest BCUT2D eigenvalue weighted by molar-refractivity contribution is 7.17. The molecule has 1 atom stereocenters. The Labute approximate surface area is 204 Å². The lowest BCUT2D eigenvalue weighted by Gasteiger charge is -2.35. The van der Waals surface area contributed by atoms with E-state index in [0.29, 0.717) is 13.2 Å². The molecule has 2 aliphatic heterocycles. The maximum absolute atomic E-state index is 12.6. The molecule has 0 saturated carbocycles. The van der Waals surface area contributed by atoms with Crippen molar-refractivity contribution in [3.8, 4) is 0 Å². The van der Waals surface area contributed by atoms with Crippen molar-refractivity contribution in [3.63, 3.8) is 0 Å². The Hall–Kier alpha value is -2.97. The number of aromatic nitrogens is 2. The van der Waals surface area contributed by atoms with E-state index in [0.717, 1.165) is 57.9 Å². The lowest BCUT2D eigenvalue weighted by atomic mass is 9.94. The van der Waals surface area contributed by atoms with Crippen molar-refractivity contribution in [2.75, 3.05) is 30.0 Å². The van der Waals surface area contributed by atoms with E-state index in [2.05, 4.69) is 56.9 Å². The maximum Gasteiger partial charge on any atom is 0.263 e. The molecule has 2 N–H and O–H groups in total. The van der Waals surface area contributed by atoms with Gasteiger partial charge in [0.2, 0.25) is 0 Å². The van der Waals surface area contributed by atoms with E-state index in [1.165, 1.54) is 16.9 Å². The molecule has 1 amide bonds. The van der Waals surface area contributed by atoms with Crippen molar-refractivity contribution in [2.45, 2.75) is 52.1 Å². The van der Waals surface area contributed by atoms with Crippen molar-refractivity contribution >= 4 is 33.8 Å². The number of carbonyl (C=O) groups is 1. The third-order valence-corrected chi connectivity index (χ3v) is 7.33. The number of hydrogen-bond donors (Lipinski definition) is 2. The first-order valence-electron chi connectivity index (χ1n) is 11.7. The van der Waals surface area contributed by atoms with Gasteiger partial charge in [0.25, 0.3) is 5.91 Å². The summed E-state index contributed by atoms with van der Waals surface area (Å²) >= 11 is 1.50. The van der Waals surface area contributed by atoms with E-state index < -0.39 is 0 Å². The molecule has 5 rings (SSSR count). The van der Waals surface area contributed by atoms with Crippen LogP contribution in [0, 0.1) is 13.8 Å². The molecule has 0 aliphatic carbocycles. The molecule has 1 fully saturated rings. The second-order valence-electron chi connectivity index (χ2n) is 9.88. The number of benzene rings is 1. The van der Waals surface area contributed by atoms with Crippen molar-refractivity contribution in [1.29, 1.82) is 0 Å². The summed E-state index contributed by atoms with van der Waals surface area (Å²) in [4.78, 5) is 25.0. The minimum absolute atomic E-state index is 0.0137. The number of anilines is 3. The average molecular weight is 478 g/mol. The van der Waals surface area contributed by atoms with Crippen LogP contribution in [0.2, 0.25) is 0 Å². The molecular weight excluding hydrogens is 446 g/mol. The van der Waals surface area contributed by atoms with Crippen molar-refractivity contribution < 1.29 is 9.53 Å². The second kappa shape index (κ2) is 9.00. The number of rotatable bonds is 5. The number of thiazole rings is 1. The van der Waals surface area contributed by atoms with E-state index in [1.54, 1.807) is 0 Å². The molecule has 34 heavy (non-hydrogen) atoms. The van der Waals surface area contributed by atoms with Gasteiger partial charge in [-0.15, -0.1) is 0 Å². The number of amides is 1. The summed E-state index contributed by atoms with van der Waals surface area (Å²) < 4.78 is 5.85. The Morgan fingerprint density at radius 2 is 1.97 bits per heavy atom. The molecular formula is C26H31N5O2S. The summed E-state index contributed by atoms with van der Waals surface area (Å²) in [5.74, 6) is -0.0137. The minimum atomic E-state index is -0.265. The van der Waals surface area contributed by atoms with Crippen LogP contribution in [0.1, 0.15) is 46.2 Å². The molecule has 178 valence electrons.